The number of nitriles is 2. The molecule has 2 amide bonds. The molecule has 1 unspecified atom stereocenters. The minimum Gasteiger partial charge on any atom is -0.465 e. The smallest absolute Gasteiger partial charge is 0.411 e. The van der Waals surface area contributed by atoms with Gasteiger partial charge in [0.1, 0.15) is 6.07 Å². The van der Waals surface area contributed by atoms with Crippen LogP contribution in [0.3, 0.4) is 0 Å². The van der Waals surface area contributed by atoms with Gasteiger partial charge in [-0.15, -0.1) is 0 Å². The lowest BCUT2D eigenvalue weighted by Crippen LogP contribution is -2.34. The van der Waals surface area contributed by atoms with Crippen molar-refractivity contribution in [2.24, 2.45) is 5.10 Å². The summed E-state index contributed by atoms with van der Waals surface area (Å²) in [6.07, 6.45) is -1.61. The van der Waals surface area contributed by atoms with Crippen molar-refractivity contribution in [3.63, 3.8) is 0 Å². The van der Waals surface area contributed by atoms with E-state index in [0.717, 1.165) is 0 Å². The topological polar surface area (TPSA) is 138 Å². The minimum atomic E-state index is -1.61. The Bertz CT molecular complexity index is 1020. The first-order valence-electron chi connectivity index (χ1n) is 7.58. The molecule has 0 heterocycles. The molecule has 10 heteroatoms. The van der Waals surface area contributed by atoms with E-state index in [2.05, 4.69) is 16.6 Å². The number of hydrazone groups is 1. The summed E-state index contributed by atoms with van der Waals surface area (Å²) in [6.45, 7) is 0. The van der Waals surface area contributed by atoms with E-state index in [9.17, 15) is 14.9 Å². The monoisotopic (exact) mass is 415 g/mol. The van der Waals surface area contributed by atoms with E-state index >= 15 is 0 Å². The molecule has 28 heavy (non-hydrogen) atoms. The number of imide groups is 1. The quantitative estimate of drug-likeness (QED) is 0.501. The number of rotatable bonds is 5. The predicted molar refractivity (Wildman–Crippen MR) is 103 cm³/mol. The molecule has 0 spiro atoms. The van der Waals surface area contributed by atoms with E-state index in [1.807, 2.05) is 0 Å². The molecule has 2 aromatic rings. The van der Waals surface area contributed by atoms with Crippen LogP contribution >= 0.6 is 23.2 Å². The van der Waals surface area contributed by atoms with Crippen LogP contribution in [0.15, 0.2) is 47.6 Å². The number of benzene rings is 2. The molecule has 0 radical (unpaired) electrons. The molecule has 0 aliphatic carbocycles. The summed E-state index contributed by atoms with van der Waals surface area (Å²) in [7, 11) is 0. The molecule has 0 aliphatic heterocycles. The van der Waals surface area contributed by atoms with Crippen LogP contribution in [0.1, 0.15) is 17.0 Å². The summed E-state index contributed by atoms with van der Waals surface area (Å²) in [5, 5.41) is 32.8. The largest absolute Gasteiger partial charge is 0.465 e. The van der Waals surface area contributed by atoms with Crippen LogP contribution in [-0.2, 0) is 4.79 Å². The number of halogens is 2. The summed E-state index contributed by atoms with van der Waals surface area (Å²) >= 11 is 12.1. The second-order valence-electron chi connectivity index (χ2n) is 5.29. The normalized spacial score (nSPS) is 11.6. The fraction of sp³-hybridized carbons (Fsp3) is 0.0556. The zero-order valence-electron chi connectivity index (χ0n) is 14.0. The number of carbonyl (C=O) groups is 2. The van der Waals surface area contributed by atoms with Crippen LogP contribution in [0.25, 0.3) is 0 Å². The Morgan fingerprint density at radius 3 is 2.32 bits per heavy atom. The molecule has 0 bridgehead atoms. The molecule has 0 saturated heterocycles. The number of hydrogen-bond acceptors (Lipinski definition) is 6. The van der Waals surface area contributed by atoms with Gasteiger partial charge in [-0.2, -0.15) is 15.6 Å². The van der Waals surface area contributed by atoms with Gasteiger partial charge in [0.2, 0.25) is 5.71 Å². The number of carboxylic acid groups (broad SMARTS) is 1. The summed E-state index contributed by atoms with van der Waals surface area (Å²) in [5.74, 6) is -1.80. The van der Waals surface area contributed by atoms with Crippen LogP contribution in [0.2, 0.25) is 10.0 Å². The number of nitrogens with one attached hydrogen (secondary N) is 2. The minimum absolute atomic E-state index is 0.259. The van der Waals surface area contributed by atoms with E-state index in [4.69, 9.17) is 33.6 Å². The fourth-order valence-corrected chi connectivity index (χ4v) is 2.63. The van der Waals surface area contributed by atoms with Crippen molar-refractivity contribution in [2.75, 3.05) is 5.43 Å². The Kier molecular flexibility index (Phi) is 6.94. The van der Waals surface area contributed by atoms with Crippen molar-refractivity contribution in [1.82, 2.24) is 5.32 Å². The molecular weight excluding hydrogens is 405 g/mol. The van der Waals surface area contributed by atoms with Gasteiger partial charge in [0, 0.05) is 10.0 Å². The number of nitrogens with zero attached hydrogens (tertiary/aromatic N) is 3. The van der Waals surface area contributed by atoms with Gasteiger partial charge in [-0.05, 0) is 35.4 Å². The molecule has 0 saturated carbocycles. The van der Waals surface area contributed by atoms with E-state index in [0.29, 0.717) is 21.8 Å². The highest BCUT2D eigenvalue weighted by atomic mass is 35.5. The average Bonchev–Trinajstić information content (AvgIpc) is 2.65. The van der Waals surface area contributed by atoms with Gasteiger partial charge >= 0.3 is 6.09 Å². The van der Waals surface area contributed by atoms with Gasteiger partial charge in [-0.25, -0.2) is 4.79 Å². The highest BCUT2D eigenvalue weighted by Crippen LogP contribution is 2.32. The molecule has 8 nitrogen and oxygen atoms in total. The van der Waals surface area contributed by atoms with Gasteiger partial charge in [-0.3, -0.25) is 15.5 Å². The Labute approximate surface area is 169 Å². The summed E-state index contributed by atoms with van der Waals surface area (Å²) in [6, 6.07) is 15.1. The zero-order valence-corrected chi connectivity index (χ0v) is 15.5. The maximum absolute atomic E-state index is 11.5. The van der Waals surface area contributed by atoms with Crippen molar-refractivity contribution >= 4 is 46.6 Å². The van der Waals surface area contributed by atoms with E-state index < -0.39 is 23.6 Å². The summed E-state index contributed by atoms with van der Waals surface area (Å²) < 4.78 is 0. The van der Waals surface area contributed by atoms with Gasteiger partial charge < -0.3 is 5.11 Å². The Hall–Kier alpha value is -3.59. The molecular formula is C18H11Cl2N5O3. The predicted octanol–water partition coefficient (Wildman–Crippen LogP) is 3.73. The van der Waals surface area contributed by atoms with E-state index in [1.54, 1.807) is 36.4 Å². The maximum atomic E-state index is 11.5. The van der Waals surface area contributed by atoms with Crippen molar-refractivity contribution in [3.8, 4) is 12.1 Å². The summed E-state index contributed by atoms with van der Waals surface area (Å²) in [4.78, 5) is 21.9. The zero-order chi connectivity index (χ0) is 20.7. The second kappa shape index (κ2) is 9.38. The van der Waals surface area contributed by atoms with Crippen LogP contribution < -0.4 is 10.7 Å². The molecule has 0 aliphatic rings. The van der Waals surface area contributed by atoms with Crippen LogP contribution in [0.4, 0.5) is 10.5 Å². The number of hydrogen-bond donors (Lipinski definition) is 3. The molecule has 1 atom stereocenters. The molecule has 0 fully saturated rings. The van der Waals surface area contributed by atoms with E-state index in [1.165, 1.54) is 17.5 Å². The first-order chi connectivity index (χ1) is 13.3. The second-order valence-corrected chi connectivity index (χ2v) is 6.14. The van der Waals surface area contributed by atoms with Crippen molar-refractivity contribution < 1.29 is 14.7 Å². The average molecular weight is 416 g/mol. The van der Waals surface area contributed by atoms with Gasteiger partial charge in [0.05, 0.1) is 17.7 Å². The van der Waals surface area contributed by atoms with Gasteiger partial charge in [-0.1, -0.05) is 41.4 Å². The maximum Gasteiger partial charge on any atom is 0.411 e. The third-order valence-electron chi connectivity index (χ3n) is 3.48. The van der Waals surface area contributed by atoms with E-state index in [-0.39, 0.29) is 5.02 Å². The number of carbonyl (C=O) groups excluding carboxylic acids is 1. The Balaban J connectivity index is 2.24. The standard InChI is InChI=1S/C18H11Cl2N5O3/c19-11-3-1-10(2-4-11)14(8-21)13-6-5-12(7-15(13)20)24-25-16(9-22)17(26)23-18(27)28/h1-7,14,24H,(H,23,26)(H,27,28)/b25-16+. The Morgan fingerprint density at radius 2 is 1.79 bits per heavy atom. The molecule has 140 valence electrons. The lowest BCUT2D eigenvalue weighted by molar-refractivity contribution is -0.114. The number of anilines is 1. The molecule has 0 aromatic heterocycles. The van der Waals surface area contributed by atoms with Crippen molar-refractivity contribution in [1.29, 1.82) is 10.5 Å². The van der Waals surface area contributed by atoms with Crippen LogP contribution in [-0.4, -0.2) is 22.8 Å². The van der Waals surface area contributed by atoms with Crippen LogP contribution in [0.5, 0.6) is 0 Å². The lowest BCUT2D eigenvalue weighted by atomic mass is 9.92. The van der Waals surface area contributed by atoms with Gasteiger partial charge in [0.15, 0.2) is 0 Å². The third kappa shape index (κ3) is 5.21. The Morgan fingerprint density at radius 1 is 1.11 bits per heavy atom. The first-order valence-corrected chi connectivity index (χ1v) is 8.34. The first kappa shape index (κ1) is 20.7. The highest BCUT2D eigenvalue weighted by Gasteiger charge is 2.17. The molecule has 2 aromatic carbocycles. The van der Waals surface area contributed by atoms with Crippen LogP contribution in [0, 0.1) is 22.7 Å². The number of amides is 2. The molecule has 3 N–H and O–H groups in total. The van der Waals surface area contributed by atoms with Gasteiger partial charge in [0.25, 0.3) is 5.91 Å². The SMILES string of the molecule is N#C/C(=N\Nc1ccc(C(C#N)c2ccc(Cl)cc2)c(Cl)c1)C(=O)NC(=O)O. The lowest BCUT2D eigenvalue weighted by Gasteiger charge is -2.13. The third-order valence-corrected chi connectivity index (χ3v) is 4.06. The van der Waals surface area contributed by atoms with Crippen molar-refractivity contribution in [3.05, 3.63) is 63.6 Å². The molecule has 2 rings (SSSR count). The highest BCUT2D eigenvalue weighted by molar-refractivity contribution is 6.46. The summed E-state index contributed by atoms with van der Waals surface area (Å²) in [5.41, 5.74) is 3.36. The fourth-order valence-electron chi connectivity index (χ4n) is 2.21. The van der Waals surface area contributed by atoms with Crippen molar-refractivity contribution in [2.45, 2.75) is 5.92 Å².